The first-order valence-corrected chi connectivity index (χ1v) is 2.55. The summed E-state index contributed by atoms with van der Waals surface area (Å²) in [5.41, 5.74) is 2.01. The first kappa shape index (κ1) is 8.04. The Hall–Kier alpha value is -0.960. The Kier molecular flexibility index (Phi) is 2.81. The summed E-state index contributed by atoms with van der Waals surface area (Å²) in [6.45, 7) is 3.89. The van der Waals surface area contributed by atoms with Crippen LogP contribution in [0.3, 0.4) is 0 Å². The maximum atomic E-state index is 4.02. The molecule has 0 fully saturated rings. The fourth-order valence-electron chi connectivity index (χ4n) is 0.477. The van der Waals surface area contributed by atoms with Gasteiger partial charge in [0, 0.05) is 18.5 Å². The van der Waals surface area contributed by atoms with E-state index in [1.807, 2.05) is 13.8 Å². The van der Waals surface area contributed by atoms with Crippen LogP contribution >= 0.6 is 0 Å². The van der Waals surface area contributed by atoms with E-state index in [-0.39, 0.29) is 6.15 Å². The van der Waals surface area contributed by atoms with Crippen LogP contribution in [-0.4, -0.2) is 9.97 Å². The molecule has 0 atom stereocenters. The van der Waals surface area contributed by atoms with Gasteiger partial charge in [0.05, 0.1) is 11.4 Å². The van der Waals surface area contributed by atoms with Crippen LogP contribution in [0.2, 0.25) is 0 Å². The van der Waals surface area contributed by atoms with E-state index in [0.29, 0.717) is 0 Å². The number of nitrogens with zero attached hydrogens (tertiary/aromatic N) is 3. The lowest BCUT2D eigenvalue weighted by atomic mass is 10.4. The average Bonchev–Trinajstić information content (AvgIpc) is 1.77. The summed E-state index contributed by atoms with van der Waals surface area (Å²) < 4.78 is 0. The van der Waals surface area contributed by atoms with E-state index < -0.39 is 0 Å². The van der Waals surface area contributed by atoms with E-state index >= 15 is 0 Å². The lowest BCUT2D eigenvalue weighted by Crippen LogP contribution is -1.87. The first-order chi connectivity index (χ1) is 3.80. The molecule has 0 aromatic carbocycles. The van der Waals surface area contributed by atoms with Crippen molar-refractivity contribution in [3.05, 3.63) is 23.8 Å². The molecule has 9 heavy (non-hydrogen) atoms. The molecule has 0 bridgehead atoms. The quantitative estimate of drug-likeness (QED) is 0.506. The van der Waals surface area contributed by atoms with Crippen LogP contribution in [0.4, 0.5) is 0 Å². The summed E-state index contributed by atoms with van der Waals surface area (Å²) in [6.07, 6.45) is 3.39. The van der Waals surface area contributed by atoms with E-state index in [1.54, 1.807) is 12.4 Å². The van der Waals surface area contributed by atoms with Gasteiger partial charge >= 0.3 is 0 Å². The molecule has 3 radical (unpaired) electrons. The highest BCUT2D eigenvalue weighted by atomic mass is 14.8. The van der Waals surface area contributed by atoms with Crippen LogP contribution < -0.4 is 6.15 Å². The summed E-state index contributed by atoms with van der Waals surface area (Å²) >= 11 is 0. The maximum Gasteiger partial charge on any atom is 0.0584 e. The molecular formula is C6H8N3. The maximum absolute atomic E-state index is 4.02. The zero-order chi connectivity index (χ0) is 5.98. The lowest BCUT2D eigenvalue weighted by Gasteiger charge is -1.91. The Labute approximate surface area is 54.7 Å². The second kappa shape index (κ2) is 3.14. The molecule has 1 heterocycles. The lowest BCUT2D eigenvalue weighted by molar-refractivity contribution is 1.05. The Bertz CT molecular complexity index is 164. The average molecular weight is 122 g/mol. The minimum atomic E-state index is 0. The smallest absolute Gasteiger partial charge is 0.0584 e. The molecule has 0 saturated carbocycles. The van der Waals surface area contributed by atoms with Gasteiger partial charge in [-0.05, 0) is 13.8 Å². The monoisotopic (exact) mass is 122 g/mol. The summed E-state index contributed by atoms with van der Waals surface area (Å²) in [5, 5.41) is 0. The largest absolute Gasteiger partial charge is 0.258 e. The fourth-order valence-corrected chi connectivity index (χ4v) is 0.477. The number of hydrogen-bond acceptors (Lipinski definition) is 2. The molecular weight excluding hydrogens is 114 g/mol. The third-order valence-corrected chi connectivity index (χ3v) is 1.13. The minimum absolute atomic E-state index is 0. The van der Waals surface area contributed by atoms with Crippen LogP contribution in [-0.2, 0) is 0 Å². The highest BCUT2D eigenvalue weighted by Gasteiger charge is 1.87. The molecule has 0 N–H and O–H groups in total. The van der Waals surface area contributed by atoms with Crippen LogP contribution in [0.1, 0.15) is 11.4 Å². The molecule has 0 aliphatic rings. The molecule has 47 valence electrons. The summed E-state index contributed by atoms with van der Waals surface area (Å²) in [4.78, 5) is 8.03. The van der Waals surface area contributed by atoms with E-state index in [9.17, 15) is 0 Å². The van der Waals surface area contributed by atoms with Crippen LogP contribution in [0, 0.1) is 13.8 Å². The van der Waals surface area contributed by atoms with Gasteiger partial charge in [-0.25, -0.2) is 0 Å². The standard InChI is InChI=1S/C6H8N2.N/c1-5-6(2)8-4-3-7-5;/h3-4H,1-2H3;. The third-order valence-electron chi connectivity index (χ3n) is 1.13. The normalized spacial score (nSPS) is 8.22. The van der Waals surface area contributed by atoms with E-state index in [2.05, 4.69) is 9.97 Å². The third kappa shape index (κ3) is 1.77. The molecule has 0 saturated heterocycles. The second-order valence-electron chi connectivity index (χ2n) is 1.73. The molecule has 1 rings (SSSR count). The van der Waals surface area contributed by atoms with Crippen LogP contribution in [0.15, 0.2) is 12.4 Å². The predicted molar refractivity (Wildman–Crippen MR) is 33.6 cm³/mol. The Morgan fingerprint density at radius 2 is 1.33 bits per heavy atom. The first-order valence-electron chi connectivity index (χ1n) is 2.55. The molecule has 3 nitrogen and oxygen atoms in total. The van der Waals surface area contributed by atoms with Crippen molar-refractivity contribution < 1.29 is 0 Å². The van der Waals surface area contributed by atoms with Crippen molar-refractivity contribution in [2.75, 3.05) is 0 Å². The van der Waals surface area contributed by atoms with Crippen molar-refractivity contribution in [1.29, 1.82) is 0 Å². The van der Waals surface area contributed by atoms with E-state index in [0.717, 1.165) is 11.4 Å². The number of hydrogen-bond donors (Lipinski definition) is 0. The van der Waals surface area contributed by atoms with Gasteiger partial charge in [0.2, 0.25) is 0 Å². The highest BCUT2D eigenvalue weighted by Crippen LogP contribution is 1.93. The Balaban J connectivity index is 0.000000640. The van der Waals surface area contributed by atoms with Crippen LogP contribution in [0.5, 0.6) is 0 Å². The predicted octanol–water partition coefficient (Wildman–Crippen LogP) is 0.613. The molecule has 3 heteroatoms. The number of aryl methyl sites for hydroxylation is 2. The van der Waals surface area contributed by atoms with Gasteiger partial charge in [0.15, 0.2) is 0 Å². The van der Waals surface area contributed by atoms with Gasteiger partial charge in [0.25, 0.3) is 0 Å². The van der Waals surface area contributed by atoms with Crippen molar-refractivity contribution in [2.45, 2.75) is 13.8 Å². The Morgan fingerprint density at radius 1 is 1.00 bits per heavy atom. The van der Waals surface area contributed by atoms with Crippen molar-refractivity contribution in [3.63, 3.8) is 0 Å². The molecule has 0 amide bonds. The molecule has 0 aliphatic carbocycles. The highest BCUT2D eigenvalue weighted by molar-refractivity contribution is 5.04. The topological polar surface area (TPSA) is 56.3 Å². The second-order valence-corrected chi connectivity index (χ2v) is 1.73. The van der Waals surface area contributed by atoms with Crippen LogP contribution in [0.25, 0.3) is 0 Å². The van der Waals surface area contributed by atoms with Gasteiger partial charge < -0.3 is 0 Å². The fraction of sp³-hybridized carbons (Fsp3) is 0.333. The number of aromatic nitrogens is 2. The summed E-state index contributed by atoms with van der Waals surface area (Å²) in [6, 6.07) is 0. The zero-order valence-corrected chi connectivity index (χ0v) is 5.50. The molecule has 0 unspecified atom stereocenters. The van der Waals surface area contributed by atoms with E-state index in [1.165, 1.54) is 0 Å². The van der Waals surface area contributed by atoms with Crippen molar-refractivity contribution in [1.82, 2.24) is 16.1 Å². The number of rotatable bonds is 0. The van der Waals surface area contributed by atoms with Gasteiger partial charge in [-0.2, -0.15) is 0 Å². The molecule has 1 aromatic heterocycles. The molecule has 1 aromatic rings. The molecule has 0 aliphatic heterocycles. The van der Waals surface area contributed by atoms with Gasteiger partial charge in [-0.15, -0.1) is 0 Å². The zero-order valence-electron chi connectivity index (χ0n) is 5.50. The van der Waals surface area contributed by atoms with Gasteiger partial charge in [-0.3, -0.25) is 9.97 Å². The summed E-state index contributed by atoms with van der Waals surface area (Å²) in [5.74, 6) is 0. The van der Waals surface area contributed by atoms with E-state index in [4.69, 9.17) is 0 Å². The summed E-state index contributed by atoms with van der Waals surface area (Å²) in [7, 11) is 0. The van der Waals surface area contributed by atoms with Crippen molar-refractivity contribution in [2.24, 2.45) is 0 Å². The van der Waals surface area contributed by atoms with Gasteiger partial charge in [0.1, 0.15) is 0 Å². The SMILES string of the molecule is Cc1nccnc1C.[N]. The minimum Gasteiger partial charge on any atom is -0.258 e. The van der Waals surface area contributed by atoms with Crippen molar-refractivity contribution >= 4 is 0 Å². The van der Waals surface area contributed by atoms with Gasteiger partial charge in [-0.1, -0.05) is 0 Å². The van der Waals surface area contributed by atoms with Crippen molar-refractivity contribution in [3.8, 4) is 0 Å². The molecule has 0 spiro atoms. The Morgan fingerprint density at radius 3 is 1.56 bits per heavy atom.